The summed E-state index contributed by atoms with van der Waals surface area (Å²) < 4.78 is 0. The van der Waals surface area contributed by atoms with E-state index in [1.165, 1.54) is 11.8 Å². The van der Waals surface area contributed by atoms with Crippen LogP contribution in [0, 0.1) is 0 Å². The first-order chi connectivity index (χ1) is 16.9. The number of nitrogens with two attached hydrogens (primary N) is 1. The van der Waals surface area contributed by atoms with Gasteiger partial charge >= 0.3 is 12.2 Å². The first-order valence-corrected chi connectivity index (χ1v) is 11.1. The molecule has 1 aromatic carbocycles. The van der Waals surface area contributed by atoms with Crippen molar-refractivity contribution in [2.24, 2.45) is 10.7 Å². The molecule has 0 fully saturated rings. The van der Waals surface area contributed by atoms with Crippen molar-refractivity contribution >= 4 is 58.4 Å². The Hall–Kier alpha value is -4.53. The summed E-state index contributed by atoms with van der Waals surface area (Å²) in [6, 6.07) is 7.25. The van der Waals surface area contributed by atoms with Crippen molar-refractivity contribution in [3.8, 4) is 0 Å². The molecule has 0 saturated heterocycles. The van der Waals surface area contributed by atoms with E-state index in [1.807, 2.05) is 12.1 Å². The lowest BCUT2D eigenvalue weighted by molar-refractivity contribution is -0.127. The van der Waals surface area contributed by atoms with Gasteiger partial charge in [0.2, 0.25) is 11.8 Å². The number of carbonyl (C=O) groups is 5. The van der Waals surface area contributed by atoms with E-state index in [-0.39, 0.29) is 18.4 Å². The van der Waals surface area contributed by atoms with Gasteiger partial charge in [-0.25, -0.2) is 14.6 Å². The summed E-state index contributed by atoms with van der Waals surface area (Å²) in [6.45, 7) is 1.21. The highest BCUT2D eigenvalue weighted by atomic mass is 32.1. The Morgan fingerprint density at radius 1 is 1.11 bits per heavy atom. The van der Waals surface area contributed by atoms with E-state index < -0.39 is 18.1 Å². The van der Waals surface area contributed by atoms with E-state index >= 15 is 0 Å². The number of nitrogens with zero attached hydrogens (tertiary/aromatic N) is 3. The molecule has 7 N–H and O–H groups in total. The minimum Gasteiger partial charge on any atom is -0.465 e. The summed E-state index contributed by atoms with van der Waals surface area (Å²) in [5.41, 5.74) is 6.18. The van der Waals surface area contributed by atoms with Gasteiger partial charge in [0.25, 0.3) is 5.91 Å². The number of likely N-dealkylation sites (N-methyl/N-ethyl adjacent to an activating group) is 1. The number of anilines is 2. The summed E-state index contributed by atoms with van der Waals surface area (Å²) in [5, 5.41) is 23.9. The third kappa shape index (κ3) is 11.6. The van der Waals surface area contributed by atoms with Crippen LogP contribution in [0.15, 0.2) is 29.3 Å². The van der Waals surface area contributed by atoms with Gasteiger partial charge in [-0.3, -0.25) is 14.4 Å². The zero-order chi connectivity index (χ0) is 27.3. The quantitative estimate of drug-likeness (QED) is 0.207. The van der Waals surface area contributed by atoms with Gasteiger partial charge in [-0.2, -0.15) is 4.99 Å². The molecule has 1 aromatic heterocycles. The lowest BCUT2D eigenvalue weighted by Crippen LogP contribution is -2.36. The van der Waals surface area contributed by atoms with Gasteiger partial charge in [0.1, 0.15) is 4.88 Å². The number of nitrogens with one attached hydrogen (secondary N) is 3. The number of thiazole rings is 1. The molecule has 0 saturated carbocycles. The highest BCUT2D eigenvalue weighted by molar-refractivity contribution is 7.17. The predicted octanol–water partition coefficient (Wildman–Crippen LogP) is 1.45. The molecule has 0 unspecified atom stereocenters. The smallest absolute Gasteiger partial charge is 0.432 e. The topological polar surface area (TPSA) is 216 Å². The predicted molar refractivity (Wildman–Crippen MR) is 134 cm³/mol. The molecule has 0 atom stereocenters. The van der Waals surface area contributed by atoms with Crippen molar-refractivity contribution in [2.75, 3.05) is 31.3 Å². The van der Waals surface area contributed by atoms with Crippen molar-refractivity contribution in [3.63, 3.8) is 0 Å². The number of aliphatic imine (C=N–C) groups is 1. The normalized spacial score (nSPS) is 10.1. The van der Waals surface area contributed by atoms with Crippen molar-refractivity contribution < 1.29 is 34.2 Å². The van der Waals surface area contributed by atoms with Crippen molar-refractivity contribution in [1.29, 1.82) is 0 Å². The fraction of sp³-hybridized carbons (Fsp3) is 0.286. The molecule has 1 heterocycles. The van der Waals surface area contributed by atoms with Crippen LogP contribution in [0.5, 0.6) is 0 Å². The summed E-state index contributed by atoms with van der Waals surface area (Å²) in [7, 11) is 3.20. The van der Waals surface area contributed by atoms with Crippen LogP contribution >= 0.6 is 11.3 Å². The van der Waals surface area contributed by atoms with Crippen molar-refractivity contribution in [1.82, 2.24) is 15.2 Å². The minimum absolute atomic E-state index is 0.141. The average molecular weight is 522 g/mol. The lowest BCUT2D eigenvalue weighted by atomic mass is 10.1. The minimum atomic E-state index is -1.33. The second kappa shape index (κ2) is 14.7. The molecule has 0 aliphatic carbocycles. The van der Waals surface area contributed by atoms with Crippen LogP contribution in [0.1, 0.15) is 27.9 Å². The van der Waals surface area contributed by atoms with Crippen LogP contribution in [-0.2, 0) is 22.4 Å². The van der Waals surface area contributed by atoms with Gasteiger partial charge in [-0.05, 0) is 30.5 Å². The molecule has 0 aliphatic rings. The molecule has 14 nitrogen and oxygen atoms in total. The first kappa shape index (κ1) is 29.5. The summed E-state index contributed by atoms with van der Waals surface area (Å²) in [5.74, 6) is -0.968. The number of hydrogen-bond donors (Lipinski definition) is 6. The Kier molecular flexibility index (Phi) is 12.0. The van der Waals surface area contributed by atoms with Gasteiger partial charge in [0.15, 0.2) is 5.13 Å². The maximum atomic E-state index is 12.6. The number of amides is 5. The van der Waals surface area contributed by atoms with Crippen molar-refractivity contribution in [2.45, 2.75) is 19.8 Å². The third-order valence-electron chi connectivity index (χ3n) is 4.10. The highest BCUT2D eigenvalue weighted by Gasteiger charge is 2.19. The number of aromatic nitrogens is 1. The molecule has 5 amide bonds. The number of hydrogen-bond acceptors (Lipinski definition) is 7. The fourth-order valence-corrected chi connectivity index (χ4v) is 3.46. The maximum Gasteiger partial charge on any atom is 0.432 e. The van der Waals surface area contributed by atoms with E-state index in [4.69, 9.17) is 15.0 Å². The van der Waals surface area contributed by atoms with Crippen LogP contribution in [0.2, 0.25) is 0 Å². The summed E-state index contributed by atoms with van der Waals surface area (Å²) in [4.78, 5) is 64.2. The van der Waals surface area contributed by atoms with Gasteiger partial charge in [-0.15, -0.1) is 0 Å². The Labute approximate surface area is 210 Å². The van der Waals surface area contributed by atoms with Crippen molar-refractivity contribution in [3.05, 3.63) is 40.4 Å². The summed E-state index contributed by atoms with van der Waals surface area (Å²) in [6.07, 6.45) is -0.527. The molecule has 0 bridgehead atoms. The van der Waals surface area contributed by atoms with Gasteiger partial charge in [0.05, 0.1) is 18.6 Å². The van der Waals surface area contributed by atoms with E-state index in [1.54, 1.807) is 26.2 Å². The number of aryl methyl sites for hydroxylation is 2. The summed E-state index contributed by atoms with van der Waals surface area (Å²) >= 11 is 1.05. The molecule has 0 spiro atoms. The van der Waals surface area contributed by atoms with Crippen LogP contribution in [0.4, 0.5) is 20.4 Å². The Morgan fingerprint density at radius 3 is 2.25 bits per heavy atom. The zero-order valence-corrected chi connectivity index (χ0v) is 20.6. The Bertz CT molecular complexity index is 1110. The number of primary amides is 1. The monoisotopic (exact) mass is 521 g/mol. The largest absolute Gasteiger partial charge is 0.465 e. The van der Waals surface area contributed by atoms with E-state index in [0.717, 1.165) is 23.2 Å². The molecule has 2 rings (SSSR count). The average Bonchev–Trinajstić information content (AvgIpc) is 3.18. The number of benzene rings is 1. The Morgan fingerprint density at radius 2 is 1.72 bits per heavy atom. The molecular formula is C21H27N7O7S. The number of carboxylic acid groups (broad SMARTS) is 2. The van der Waals surface area contributed by atoms with Gasteiger partial charge in [-0.1, -0.05) is 23.5 Å². The molecular weight excluding hydrogens is 494 g/mol. The first-order valence-electron chi connectivity index (χ1n) is 10.2. The number of rotatable bonds is 9. The molecule has 15 heteroatoms. The van der Waals surface area contributed by atoms with Crippen LogP contribution in [0.25, 0.3) is 0 Å². The van der Waals surface area contributed by atoms with Gasteiger partial charge in [0, 0.05) is 26.7 Å². The standard InChI is InChI=1S/C20H24N6O5S.CH3NO2/c1-12(27)24-19-25-15(17(32-19)18(29)21-10-16(28)26(2)3)9-6-13-4-7-14(8-5-13)22-11-23-20(30)31;2-1(3)4/h4-5,7-8,11H,6,9-10H2,1-3H3,(H,21,29)(H,22,23)(H,30,31)(H,24,25,27);2H2,(H,3,4). The molecule has 36 heavy (non-hydrogen) atoms. The Balaban J connectivity index is 0.00000150. The third-order valence-corrected chi connectivity index (χ3v) is 5.11. The van der Waals surface area contributed by atoms with E-state index in [9.17, 15) is 19.2 Å². The second-order valence-electron chi connectivity index (χ2n) is 7.17. The van der Waals surface area contributed by atoms with Crippen LogP contribution < -0.4 is 21.7 Å². The van der Waals surface area contributed by atoms with Crippen LogP contribution in [0.3, 0.4) is 0 Å². The molecule has 0 radical (unpaired) electrons. The SMILES string of the molecule is CC(=O)Nc1nc(CCc2ccc(NC=NC(=O)O)cc2)c(C(=O)NCC(=O)N(C)C)s1.NC(=O)O. The second-order valence-corrected chi connectivity index (χ2v) is 8.17. The molecule has 194 valence electrons. The zero-order valence-electron chi connectivity index (χ0n) is 19.8. The molecule has 0 aliphatic heterocycles. The fourth-order valence-electron chi connectivity index (χ4n) is 2.49. The maximum absolute atomic E-state index is 12.6. The number of carbonyl (C=O) groups excluding carboxylic acids is 3. The van der Waals surface area contributed by atoms with Crippen LogP contribution in [-0.4, -0.2) is 77.0 Å². The van der Waals surface area contributed by atoms with Gasteiger partial charge < -0.3 is 36.8 Å². The van der Waals surface area contributed by atoms with E-state index in [0.29, 0.717) is 34.2 Å². The highest BCUT2D eigenvalue weighted by Crippen LogP contribution is 2.24. The lowest BCUT2D eigenvalue weighted by Gasteiger charge is -2.10. The van der Waals surface area contributed by atoms with E-state index in [2.05, 4.69) is 31.7 Å². The molecule has 2 aromatic rings.